The van der Waals surface area contributed by atoms with Gasteiger partial charge < -0.3 is 0 Å². The first-order valence-corrected chi connectivity index (χ1v) is 9.15. The quantitative estimate of drug-likeness (QED) is 0.309. The Kier molecular flexibility index (Phi) is 13.0. The van der Waals surface area contributed by atoms with E-state index in [0.717, 1.165) is 17.8 Å². The summed E-state index contributed by atoms with van der Waals surface area (Å²) in [5.74, 6) is 2.84. The highest BCUT2D eigenvalue weighted by Crippen LogP contribution is 2.29. The molecule has 0 aliphatic carbocycles. The van der Waals surface area contributed by atoms with E-state index >= 15 is 0 Å². The lowest BCUT2D eigenvalue weighted by Crippen LogP contribution is -2.14. The van der Waals surface area contributed by atoms with Crippen molar-refractivity contribution in [3.8, 4) is 0 Å². The van der Waals surface area contributed by atoms with Crippen molar-refractivity contribution in [3.63, 3.8) is 0 Å². The van der Waals surface area contributed by atoms with Crippen molar-refractivity contribution >= 4 is 0 Å². The number of rotatable bonds is 13. The van der Waals surface area contributed by atoms with Crippen LogP contribution in [-0.4, -0.2) is 0 Å². The van der Waals surface area contributed by atoms with Gasteiger partial charge in [-0.1, -0.05) is 98.8 Å². The van der Waals surface area contributed by atoms with Crippen LogP contribution in [0.4, 0.5) is 0 Å². The Balaban J connectivity index is 3.71. The zero-order chi connectivity index (χ0) is 14.5. The second kappa shape index (κ2) is 13.0. The highest BCUT2D eigenvalue weighted by molar-refractivity contribution is 4.69. The third-order valence-electron chi connectivity index (χ3n) is 4.86. The average molecular weight is 269 g/mol. The van der Waals surface area contributed by atoms with Gasteiger partial charge in [0.25, 0.3) is 0 Å². The molecule has 3 atom stereocenters. The minimum absolute atomic E-state index is 0.923. The van der Waals surface area contributed by atoms with Crippen molar-refractivity contribution in [1.29, 1.82) is 0 Å². The summed E-state index contributed by atoms with van der Waals surface area (Å²) in [5.41, 5.74) is 0. The Bertz CT molecular complexity index is 173. The van der Waals surface area contributed by atoms with Crippen molar-refractivity contribution in [2.24, 2.45) is 17.8 Å². The first-order chi connectivity index (χ1) is 9.15. The smallest absolute Gasteiger partial charge is 0.0386 e. The van der Waals surface area contributed by atoms with Gasteiger partial charge in [-0.25, -0.2) is 0 Å². The Morgan fingerprint density at radius 3 is 1.89 bits per heavy atom. The molecule has 3 unspecified atom stereocenters. The zero-order valence-electron chi connectivity index (χ0n) is 14.5. The third-order valence-corrected chi connectivity index (χ3v) is 4.86. The topological polar surface area (TPSA) is 0 Å². The Labute approximate surface area is 123 Å². The fourth-order valence-electron chi connectivity index (χ4n) is 3.25. The zero-order valence-corrected chi connectivity index (χ0v) is 14.5. The second-order valence-corrected chi connectivity index (χ2v) is 6.83. The number of hydrogen-bond acceptors (Lipinski definition) is 0. The largest absolute Gasteiger partial charge is 0.0654 e. The van der Waals surface area contributed by atoms with Gasteiger partial charge in [0, 0.05) is 0 Å². The molecular formula is C19H40. The molecule has 0 fully saturated rings. The Morgan fingerprint density at radius 1 is 0.684 bits per heavy atom. The molecule has 0 aromatic carbocycles. The van der Waals surface area contributed by atoms with Crippen molar-refractivity contribution in [2.75, 3.05) is 0 Å². The van der Waals surface area contributed by atoms with E-state index in [4.69, 9.17) is 0 Å². The molecule has 0 spiro atoms. The predicted molar refractivity (Wildman–Crippen MR) is 89.6 cm³/mol. The molecule has 0 amide bonds. The Hall–Kier alpha value is 0. The van der Waals surface area contributed by atoms with Crippen molar-refractivity contribution < 1.29 is 0 Å². The summed E-state index contributed by atoms with van der Waals surface area (Å²) in [6.07, 6.45) is 15.7. The van der Waals surface area contributed by atoms with E-state index < -0.39 is 0 Å². The van der Waals surface area contributed by atoms with Crippen molar-refractivity contribution in [1.82, 2.24) is 0 Å². The molecule has 0 saturated carbocycles. The van der Waals surface area contributed by atoms with Gasteiger partial charge in [0.1, 0.15) is 0 Å². The van der Waals surface area contributed by atoms with E-state index in [1.165, 1.54) is 70.6 Å². The monoisotopic (exact) mass is 268 g/mol. The van der Waals surface area contributed by atoms with Crippen LogP contribution in [0.25, 0.3) is 0 Å². The van der Waals surface area contributed by atoms with E-state index in [2.05, 4.69) is 34.6 Å². The van der Waals surface area contributed by atoms with Crippen LogP contribution in [0.1, 0.15) is 105 Å². The maximum Gasteiger partial charge on any atom is -0.0386 e. The molecule has 0 heterocycles. The normalized spacial score (nSPS) is 16.3. The molecular weight excluding hydrogens is 228 g/mol. The molecule has 0 heteroatoms. The lowest BCUT2D eigenvalue weighted by atomic mass is 9.80. The van der Waals surface area contributed by atoms with Gasteiger partial charge in [0.15, 0.2) is 0 Å². The summed E-state index contributed by atoms with van der Waals surface area (Å²) < 4.78 is 0. The van der Waals surface area contributed by atoms with Crippen LogP contribution in [0.15, 0.2) is 0 Å². The van der Waals surface area contributed by atoms with Crippen LogP contribution >= 0.6 is 0 Å². The fraction of sp³-hybridized carbons (Fsp3) is 1.00. The second-order valence-electron chi connectivity index (χ2n) is 6.83. The molecule has 0 saturated heterocycles. The van der Waals surface area contributed by atoms with Crippen LogP contribution in [0.3, 0.4) is 0 Å². The molecule has 0 N–H and O–H groups in total. The van der Waals surface area contributed by atoms with Gasteiger partial charge >= 0.3 is 0 Å². The van der Waals surface area contributed by atoms with Crippen LogP contribution < -0.4 is 0 Å². The van der Waals surface area contributed by atoms with Gasteiger partial charge in [0.2, 0.25) is 0 Å². The lowest BCUT2D eigenvalue weighted by Gasteiger charge is -2.25. The summed E-state index contributed by atoms with van der Waals surface area (Å²) in [6.45, 7) is 11.9. The molecule has 0 aliphatic heterocycles. The standard InChI is InChI=1S/C19H40/c1-6-9-10-11-12-13-15-17(4)16-19(14-7-2)18(5)8-3/h17-19H,6-16H2,1-5H3. The van der Waals surface area contributed by atoms with Gasteiger partial charge in [-0.05, 0) is 24.2 Å². The van der Waals surface area contributed by atoms with Gasteiger partial charge in [0.05, 0.1) is 0 Å². The first-order valence-electron chi connectivity index (χ1n) is 9.15. The molecule has 0 nitrogen and oxygen atoms in total. The number of unbranched alkanes of at least 4 members (excludes halogenated alkanes) is 5. The van der Waals surface area contributed by atoms with E-state index in [9.17, 15) is 0 Å². The fourth-order valence-corrected chi connectivity index (χ4v) is 3.25. The number of hydrogen-bond donors (Lipinski definition) is 0. The van der Waals surface area contributed by atoms with Gasteiger partial charge in [-0.3, -0.25) is 0 Å². The lowest BCUT2D eigenvalue weighted by molar-refractivity contribution is 0.257. The van der Waals surface area contributed by atoms with E-state index in [1.54, 1.807) is 0 Å². The molecule has 0 bridgehead atoms. The van der Waals surface area contributed by atoms with Gasteiger partial charge in [-0.15, -0.1) is 0 Å². The predicted octanol–water partition coefficient (Wildman–Crippen LogP) is 7.23. The highest BCUT2D eigenvalue weighted by Gasteiger charge is 2.17. The van der Waals surface area contributed by atoms with Crippen molar-refractivity contribution in [2.45, 2.75) is 105 Å². The Morgan fingerprint density at radius 2 is 1.32 bits per heavy atom. The average Bonchev–Trinajstić information content (AvgIpc) is 2.41. The SMILES string of the molecule is CCCCCCCCC(C)CC(CCC)C(C)CC. The van der Waals surface area contributed by atoms with Crippen molar-refractivity contribution in [3.05, 3.63) is 0 Å². The molecule has 116 valence electrons. The van der Waals surface area contributed by atoms with Crippen LogP contribution in [0.2, 0.25) is 0 Å². The third kappa shape index (κ3) is 10.4. The summed E-state index contributed by atoms with van der Waals surface area (Å²) in [7, 11) is 0. The van der Waals surface area contributed by atoms with E-state index in [0.29, 0.717) is 0 Å². The summed E-state index contributed by atoms with van der Waals surface area (Å²) >= 11 is 0. The first kappa shape index (κ1) is 19.0. The van der Waals surface area contributed by atoms with E-state index in [-0.39, 0.29) is 0 Å². The molecule has 0 radical (unpaired) electrons. The minimum Gasteiger partial charge on any atom is -0.0654 e. The van der Waals surface area contributed by atoms with Crippen LogP contribution in [0, 0.1) is 17.8 Å². The molecule has 0 aromatic rings. The summed E-state index contributed by atoms with van der Waals surface area (Å²) in [4.78, 5) is 0. The van der Waals surface area contributed by atoms with E-state index in [1.807, 2.05) is 0 Å². The summed E-state index contributed by atoms with van der Waals surface area (Å²) in [6, 6.07) is 0. The molecule has 0 aliphatic rings. The minimum atomic E-state index is 0.923. The summed E-state index contributed by atoms with van der Waals surface area (Å²) in [5, 5.41) is 0. The molecule has 0 aromatic heterocycles. The maximum absolute atomic E-state index is 2.48. The maximum atomic E-state index is 2.48. The van der Waals surface area contributed by atoms with Crippen LogP contribution in [0.5, 0.6) is 0 Å². The highest BCUT2D eigenvalue weighted by atomic mass is 14.2. The molecule has 19 heavy (non-hydrogen) atoms. The van der Waals surface area contributed by atoms with Gasteiger partial charge in [-0.2, -0.15) is 0 Å². The van der Waals surface area contributed by atoms with Crippen LogP contribution in [-0.2, 0) is 0 Å². The molecule has 0 rings (SSSR count).